The standard InChI is InChI=1S/C25H22FN3O3S/c1-16(18-6-4-3-5-7-18)27-24(30)19-10-13-21(31-2)22(15-19)32-25-28-23(29-33-25)14-17-8-11-20(26)12-9-17/h3-13,15-16H,14H2,1-2H3,(H,27,30). The average molecular weight is 464 g/mol. The number of ether oxygens (including phenoxy) is 2. The van der Waals surface area contributed by atoms with Crippen LogP contribution in [0.5, 0.6) is 16.7 Å². The first-order valence-corrected chi connectivity index (χ1v) is 11.1. The summed E-state index contributed by atoms with van der Waals surface area (Å²) < 4.78 is 28.7. The van der Waals surface area contributed by atoms with Gasteiger partial charge in [0.15, 0.2) is 17.3 Å². The Labute approximate surface area is 195 Å². The lowest BCUT2D eigenvalue weighted by molar-refractivity contribution is 0.0939. The molecule has 0 radical (unpaired) electrons. The molecule has 168 valence electrons. The Morgan fingerprint density at radius 2 is 1.82 bits per heavy atom. The third-order valence-corrected chi connectivity index (χ3v) is 5.63. The number of carbonyl (C=O) groups is 1. The lowest BCUT2D eigenvalue weighted by Gasteiger charge is -2.15. The highest BCUT2D eigenvalue weighted by atomic mass is 32.1. The molecule has 0 aliphatic rings. The van der Waals surface area contributed by atoms with E-state index in [4.69, 9.17) is 9.47 Å². The molecule has 0 aliphatic heterocycles. The molecule has 4 rings (SSSR count). The summed E-state index contributed by atoms with van der Waals surface area (Å²) in [7, 11) is 1.53. The highest BCUT2D eigenvalue weighted by Crippen LogP contribution is 2.33. The van der Waals surface area contributed by atoms with Gasteiger partial charge >= 0.3 is 0 Å². The fourth-order valence-electron chi connectivity index (χ4n) is 3.23. The van der Waals surface area contributed by atoms with Crippen LogP contribution < -0.4 is 14.8 Å². The van der Waals surface area contributed by atoms with Crippen LogP contribution in [0.1, 0.15) is 40.3 Å². The SMILES string of the molecule is COc1ccc(C(=O)NC(C)c2ccccc2)cc1Oc1nc(Cc2ccc(F)cc2)ns1. The quantitative estimate of drug-likeness (QED) is 0.370. The summed E-state index contributed by atoms with van der Waals surface area (Å²) in [5.41, 5.74) is 2.34. The van der Waals surface area contributed by atoms with Crippen LogP contribution in [0.25, 0.3) is 0 Å². The maximum Gasteiger partial charge on any atom is 0.298 e. The predicted molar refractivity (Wildman–Crippen MR) is 125 cm³/mol. The van der Waals surface area contributed by atoms with Gasteiger partial charge in [0.05, 0.1) is 13.2 Å². The molecule has 0 saturated heterocycles. The molecule has 1 unspecified atom stereocenters. The van der Waals surface area contributed by atoms with Crippen LogP contribution in [0.4, 0.5) is 4.39 Å². The second kappa shape index (κ2) is 10.2. The van der Waals surface area contributed by atoms with Gasteiger partial charge in [0.1, 0.15) is 5.82 Å². The highest BCUT2D eigenvalue weighted by Gasteiger charge is 2.16. The molecule has 0 aliphatic carbocycles. The van der Waals surface area contributed by atoms with Crippen molar-refractivity contribution in [3.63, 3.8) is 0 Å². The number of nitrogens with one attached hydrogen (secondary N) is 1. The van der Waals surface area contributed by atoms with Gasteiger partial charge in [-0.3, -0.25) is 4.79 Å². The molecule has 0 fully saturated rings. The number of hydrogen-bond donors (Lipinski definition) is 1. The number of hydrogen-bond acceptors (Lipinski definition) is 6. The molecule has 1 heterocycles. The van der Waals surface area contributed by atoms with E-state index < -0.39 is 0 Å². The summed E-state index contributed by atoms with van der Waals surface area (Å²) in [6.07, 6.45) is 0.455. The van der Waals surface area contributed by atoms with Crippen molar-refractivity contribution in [3.8, 4) is 16.7 Å². The molecule has 8 heteroatoms. The molecule has 3 aromatic carbocycles. The van der Waals surface area contributed by atoms with Crippen molar-refractivity contribution in [2.45, 2.75) is 19.4 Å². The molecule has 4 aromatic rings. The van der Waals surface area contributed by atoms with E-state index in [1.165, 1.54) is 19.2 Å². The summed E-state index contributed by atoms with van der Waals surface area (Å²) in [4.78, 5) is 17.2. The molecular formula is C25H22FN3O3S. The third kappa shape index (κ3) is 5.72. The van der Waals surface area contributed by atoms with Gasteiger partial charge in [-0.05, 0) is 48.4 Å². The molecule has 1 amide bonds. The van der Waals surface area contributed by atoms with E-state index in [1.807, 2.05) is 37.3 Å². The van der Waals surface area contributed by atoms with Crippen molar-refractivity contribution in [1.82, 2.24) is 14.7 Å². The summed E-state index contributed by atoms with van der Waals surface area (Å²) in [5, 5.41) is 3.31. The van der Waals surface area contributed by atoms with E-state index in [1.54, 1.807) is 30.3 Å². The average Bonchev–Trinajstić information content (AvgIpc) is 3.27. The predicted octanol–water partition coefficient (Wildman–Crippen LogP) is 5.56. The zero-order chi connectivity index (χ0) is 23.2. The second-order valence-corrected chi connectivity index (χ2v) is 8.07. The number of halogens is 1. The summed E-state index contributed by atoms with van der Waals surface area (Å²) >= 11 is 1.09. The zero-order valence-electron chi connectivity index (χ0n) is 18.1. The summed E-state index contributed by atoms with van der Waals surface area (Å²) in [6, 6.07) is 20.7. The number of carbonyl (C=O) groups excluding carboxylic acids is 1. The van der Waals surface area contributed by atoms with Crippen LogP contribution in [-0.4, -0.2) is 22.4 Å². The fourth-order valence-corrected chi connectivity index (χ4v) is 3.79. The molecule has 33 heavy (non-hydrogen) atoms. The monoisotopic (exact) mass is 463 g/mol. The Balaban J connectivity index is 1.47. The van der Waals surface area contributed by atoms with E-state index in [2.05, 4.69) is 14.7 Å². The lowest BCUT2D eigenvalue weighted by Crippen LogP contribution is -2.26. The first kappa shape index (κ1) is 22.4. The maximum atomic E-state index is 13.1. The van der Waals surface area contributed by atoms with Crippen LogP contribution in [-0.2, 0) is 6.42 Å². The van der Waals surface area contributed by atoms with E-state index in [0.717, 1.165) is 22.7 Å². The Kier molecular flexibility index (Phi) is 6.95. The Morgan fingerprint density at radius 1 is 1.06 bits per heavy atom. The molecular weight excluding hydrogens is 441 g/mol. The normalized spacial score (nSPS) is 11.6. The molecule has 0 spiro atoms. The fraction of sp³-hybridized carbons (Fsp3) is 0.160. The largest absolute Gasteiger partial charge is 0.493 e. The summed E-state index contributed by atoms with van der Waals surface area (Å²) in [6.45, 7) is 1.93. The number of benzene rings is 3. The Bertz CT molecular complexity index is 1230. The minimum absolute atomic E-state index is 0.151. The topological polar surface area (TPSA) is 73.3 Å². The van der Waals surface area contributed by atoms with Crippen molar-refractivity contribution >= 4 is 17.4 Å². The third-order valence-electron chi connectivity index (χ3n) is 5.00. The van der Waals surface area contributed by atoms with Crippen LogP contribution in [0.15, 0.2) is 72.8 Å². The van der Waals surface area contributed by atoms with Gasteiger partial charge in [0.2, 0.25) is 0 Å². The number of methoxy groups -OCH3 is 1. The van der Waals surface area contributed by atoms with Gasteiger partial charge in [-0.15, -0.1) is 0 Å². The van der Waals surface area contributed by atoms with Crippen molar-refractivity contribution in [2.75, 3.05) is 7.11 Å². The molecule has 1 aromatic heterocycles. The van der Waals surface area contributed by atoms with Gasteiger partial charge in [-0.1, -0.05) is 42.5 Å². The smallest absolute Gasteiger partial charge is 0.298 e. The van der Waals surface area contributed by atoms with Crippen LogP contribution in [0.2, 0.25) is 0 Å². The minimum atomic E-state index is -0.289. The molecule has 1 atom stereocenters. The number of nitrogens with zero attached hydrogens (tertiary/aromatic N) is 2. The van der Waals surface area contributed by atoms with Gasteiger partial charge < -0.3 is 14.8 Å². The number of amides is 1. The van der Waals surface area contributed by atoms with Crippen LogP contribution >= 0.6 is 11.5 Å². The van der Waals surface area contributed by atoms with Gasteiger partial charge in [-0.2, -0.15) is 9.36 Å². The lowest BCUT2D eigenvalue weighted by atomic mass is 10.1. The highest BCUT2D eigenvalue weighted by molar-refractivity contribution is 7.07. The first-order valence-electron chi connectivity index (χ1n) is 10.3. The van der Waals surface area contributed by atoms with E-state index in [0.29, 0.717) is 34.5 Å². The molecule has 0 saturated carbocycles. The van der Waals surface area contributed by atoms with Crippen molar-refractivity contribution in [1.29, 1.82) is 0 Å². The Morgan fingerprint density at radius 3 is 2.55 bits per heavy atom. The second-order valence-electron chi connectivity index (χ2n) is 7.35. The summed E-state index contributed by atoms with van der Waals surface area (Å²) in [5.74, 6) is 0.877. The van der Waals surface area contributed by atoms with Crippen LogP contribution in [0.3, 0.4) is 0 Å². The van der Waals surface area contributed by atoms with Gasteiger partial charge in [-0.25, -0.2) is 4.39 Å². The number of aromatic nitrogens is 2. The van der Waals surface area contributed by atoms with E-state index in [-0.39, 0.29) is 17.8 Å². The molecule has 0 bridgehead atoms. The zero-order valence-corrected chi connectivity index (χ0v) is 18.9. The van der Waals surface area contributed by atoms with Crippen LogP contribution in [0, 0.1) is 5.82 Å². The van der Waals surface area contributed by atoms with E-state index in [9.17, 15) is 9.18 Å². The van der Waals surface area contributed by atoms with Crippen molar-refractivity contribution < 1.29 is 18.7 Å². The molecule has 6 nitrogen and oxygen atoms in total. The first-order chi connectivity index (χ1) is 16.0. The van der Waals surface area contributed by atoms with E-state index >= 15 is 0 Å². The van der Waals surface area contributed by atoms with Crippen molar-refractivity contribution in [2.24, 2.45) is 0 Å². The van der Waals surface area contributed by atoms with Gasteiger partial charge in [0, 0.05) is 23.5 Å². The van der Waals surface area contributed by atoms with Crippen molar-refractivity contribution in [3.05, 3.63) is 101 Å². The molecule has 1 N–H and O–H groups in total. The van der Waals surface area contributed by atoms with Gasteiger partial charge in [0.25, 0.3) is 11.1 Å². The number of rotatable bonds is 8. The minimum Gasteiger partial charge on any atom is -0.493 e. The Hall–Kier alpha value is -3.78. The maximum absolute atomic E-state index is 13.1.